The number of hydrogen-bond acceptors (Lipinski definition) is 3. The first-order chi connectivity index (χ1) is 7.75. The molecule has 0 saturated heterocycles. The Labute approximate surface area is 92.0 Å². The molecule has 0 saturated carbocycles. The van der Waals surface area contributed by atoms with Crippen LogP contribution in [0.3, 0.4) is 0 Å². The van der Waals surface area contributed by atoms with E-state index in [0.717, 1.165) is 10.8 Å². The molecule has 0 spiro atoms. The minimum atomic E-state index is -1.07. The number of carboxylic acids is 1. The second-order valence-corrected chi connectivity index (χ2v) is 3.25. The summed E-state index contributed by atoms with van der Waals surface area (Å²) >= 11 is 0. The molecule has 1 N–H and O–H groups in total. The maximum absolute atomic E-state index is 10.2. The minimum Gasteiger partial charge on any atom is -0.479 e. The topological polar surface area (TPSA) is 55.8 Å². The second-order valence-electron chi connectivity index (χ2n) is 3.25. The molecule has 0 amide bonds. The highest BCUT2D eigenvalue weighted by molar-refractivity contribution is 5.83. The van der Waals surface area contributed by atoms with Crippen molar-refractivity contribution in [3.05, 3.63) is 42.5 Å². The van der Waals surface area contributed by atoms with Crippen molar-refractivity contribution in [2.45, 2.75) is 0 Å². The van der Waals surface area contributed by atoms with E-state index in [1.807, 2.05) is 30.3 Å². The third-order valence-corrected chi connectivity index (χ3v) is 2.06. The largest absolute Gasteiger partial charge is 0.479 e. The molecule has 4 nitrogen and oxygen atoms in total. The molecule has 0 radical (unpaired) electrons. The molecule has 0 bridgehead atoms. The van der Waals surface area contributed by atoms with Gasteiger partial charge in [-0.3, -0.25) is 0 Å². The summed E-state index contributed by atoms with van der Waals surface area (Å²) in [6.07, 6.45) is 0. The van der Waals surface area contributed by atoms with E-state index in [-0.39, 0.29) is 0 Å². The summed E-state index contributed by atoms with van der Waals surface area (Å²) in [6, 6.07) is 13.2. The molecule has 0 aliphatic rings. The zero-order valence-electron chi connectivity index (χ0n) is 8.42. The highest BCUT2D eigenvalue weighted by atomic mass is 17.2. The maximum atomic E-state index is 10.2. The number of aliphatic carboxylic acids is 1. The summed E-state index contributed by atoms with van der Waals surface area (Å²) in [5.74, 6) is -0.583. The van der Waals surface area contributed by atoms with Gasteiger partial charge in [-0.15, -0.1) is 0 Å². The van der Waals surface area contributed by atoms with Gasteiger partial charge in [0.05, 0.1) is 0 Å². The number of fused-ring (bicyclic) bond motifs is 1. The summed E-state index contributed by atoms with van der Waals surface area (Å²) in [4.78, 5) is 19.6. The Kier molecular flexibility index (Phi) is 3.03. The quantitative estimate of drug-likeness (QED) is 0.631. The van der Waals surface area contributed by atoms with Crippen LogP contribution in [0.15, 0.2) is 42.5 Å². The van der Waals surface area contributed by atoms with E-state index >= 15 is 0 Å². The smallest absolute Gasteiger partial charge is 0.334 e. The van der Waals surface area contributed by atoms with Gasteiger partial charge in [-0.05, 0) is 22.9 Å². The first kappa shape index (κ1) is 10.4. The zero-order chi connectivity index (χ0) is 11.4. The van der Waals surface area contributed by atoms with Gasteiger partial charge in [0.15, 0.2) is 12.4 Å². The first-order valence-electron chi connectivity index (χ1n) is 4.76. The number of benzene rings is 2. The first-order valence-corrected chi connectivity index (χ1v) is 4.76. The van der Waals surface area contributed by atoms with Gasteiger partial charge in [0.25, 0.3) is 0 Å². The van der Waals surface area contributed by atoms with Crippen molar-refractivity contribution in [1.29, 1.82) is 0 Å². The van der Waals surface area contributed by atoms with Crippen LogP contribution in [0.2, 0.25) is 0 Å². The normalized spacial score (nSPS) is 10.2. The standard InChI is InChI=1S/C12H10O4/c13-12(14)8-15-16-11-6-5-9-3-1-2-4-10(9)7-11/h1-7H,8H2,(H,13,14). The Hall–Kier alpha value is -2.07. The van der Waals surface area contributed by atoms with Crippen LogP contribution in [0, 0.1) is 0 Å². The Morgan fingerprint density at radius 1 is 1.12 bits per heavy atom. The molecule has 4 heteroatoms. The van der Waals surface area contributed by atoms with Gasteiger partial charge in [-0.25, -0.2) is 4.79 Å². The van der Waals surface area contributed by atoms with E-state index in [2.05, 4.69) is 4.89 Å². The van der Waals surface area contributed by atoms with Crippen LogP contribution in [0.5, 0.6) is 5.75 Å². The Bertz CT molecular complexity index is 507. The van der Waals surface area contributed by atoms with Gasteiger partial charge in [-0.1, -0.05) is 30.3 Å². The zero-order valence-corrected chi connectivity index (χ0v) is 8.42. The van der Waals surface area contributed by atoms with Gasteiger partial charge >= 0.3 is 5.97 Å². The molecule has 82 valence electrons. The van der Waals surface area contributed by atoms with Crippen molar-refractivity contribution in [3.63, 3.8) is 0 Å². The molecule has 2 aromatic carbocycles. The molecule has 0 aromatic heterocycles. The molecule has 16 heavy (non-hydrogen) atoms. The summed E-state index contributed by atoms with van der Waals surface area (Å²) in [5.41, 5.74) is 0. The molecule has 0 atom stereocenters. The van der Waals surface area contributed by atoms with E-state index in [1.54, 1.807) is 12.1 Å². The lowest BCUT2D eigenvalue weighted by molar-refractivity contribution is -0.213. The molecule has 0 aliphatic heterocycles. The average Bonchev–Trinajstić information content (AvgIpc) is 2.28. The van der Waals surface area contributed by atoms with Crippen LogP contribution >= 0.6 is 0 Å². The average molecular weight is 218 g/mol. The van der Waals surface area contributed by atoms with Gasteiger partial charge in [0.1, 0.15) is 0 Å². The Morgan fingerprint density at radius 2 is 1.88 bits per heavy atom. The summed E-state index contributed by atoms with van der Waals surface area (Å²) < 4.78 is 0. The van der Waals surface area contributed by atoms with Crippen molar-refractivity contribution in [2.24, 2.45) is 0 Å². The number of hydrogen-bond donors (Lipinski definition) is 1. The lowest BCUT2D eigenvalue weighted by Crippen LogP contribution is -2.09. The highest BCUT2D eigenvalue weighted by Crippen LogP contribution is 2.20. The van der Waals surface area contributed by atoms with Gasteiger partial charge in [0.2, 0.25) is 0 Å². The lowest BCUT2D eigenvalue weighted by Gasteiger charge is -2.04. The molecule has 0 aliphatic carbocycles. The van der Waals surface area contributed by atoms with Crippen molar-refractivity contribution in [2.75, 3.05) is 6.61 Å². The molecule has 2 aromatic rings. The number of carboxylic acid groups (broad SMARTS) is 1. The Balaban J connectivity index is 2.10. The van der Waals surface area contributed by atoms with Crippen molar-refractivity contribution < 1.29 is 19.7 Å². The van der Waals surface area contributed by atoms with Crippen LogP contribution in [0.4, 0.5) is 0 Å². The van der Waals surface area contributed by atoms with Crippen LogP contribution in [0.1, 0.15) is 0 Å². The second kappa shape index (κ2) is 4.63. The monoisotopic (exact) mass is 218 g/mol. The predicted molar refractivity (Wildman–Crippen MR) is 58.2 cm³/mol. The molecular weight excluding hydrogens is 208 g/mol. The maximum Gasteiger partial charge on any atom is 0.334 e. The van der Waals surface area contributed by atoms with Gasteiger partial charge in [-0.2, -0.15) is 4.89 Å². The van der Waals surface area contributed by atoms with Gasteiger partial charge < -0.3 is 9.99 Å². The lowest BCUT2D eigenvalue weighted by atomic mass is 10.1. The van der Waals surface area contributed by atoms with E-state index in [0.29, 0.717) is 5.75 Å². The van der Waals surface area contributed by atoms with Crippen molar-refractivity contribution >= 4 is 16.7 Å². The van der Waals surface area contributed by atoms with Crippen molar-refractivity contribution in [1.82, 2.24) is 0 Å². The fraction of sp³-hybridized carbons (Fsp3) is 0.0833. The number of carbonyl (C=O) groups is 1. The van der Waals surface area contributed by atoms with Crippen LogP contribution in [-0.2, 0) is 9.68 Å². The van der Waals surface area contributed by atoms with E-state index in [1.165, 1.54) is 0 Å². The third kappa shape index (κ3) is 2.49. The highest BCUT2D eigenvalue weighted by Gasteiger charge is 2.00. The number of rotatable bonds is 4. The fourth-order valence-corrected chi connectivity index (χ4v) is 1.37. The molecule has 2 rings (SSSR count). The van der Waals surface area contributed by atoms with E-state index in [4.69, 9.17) is 9.99 Å². The van der Waals surface area contributed by atoms with Crippen LogP contribution in [0.25, 0.3) is 10.8 Å². The van der Waals surface area contributed by atoms with Crippen LogP contribution in [-0.4, -0.2) is 17.7 Å². The minimum absolute atomic E-state index is 0.479. The molecule has 0 heterocycles. The summed E-state index contributed by atoms with van der Waals surface area (Å²) in [5, 5.41) is 10.5. The molecule has 0 fully saturated rings. The fourth-order valence-electron chi connectivity index (χ4n) is 1.37. The van der Waals surface area contributed by atoms with E-state index < -0.39 is 12.6 Å². The summed E-state index contributed by atoms with van der Waals surface area (Å²) in [6.45, 7) is -0.479. The molecular formula is C12H10O4. The summed E-state index contributed by atoms with van der Waals surface area (Å²) in [7, 11) is 0. The predicted octanol–water partition coefficient (Wildman–Crippen LogP) is 2.23. The van der Waals surface area contributed by atoms with Gasteiger partial charge in [0, 0.05) is 0 Å². The SMILES string of the molecule is O=C(O)COOc1ccc2ccccc2c1. The van der Waals surface area contributed by atoms with E-state index in [9.17, 15) is 4.79 Å². The van der Waals surface area contributed by atoms with Crippen molar-refractivity contribution in [3.8, 4) is 5.75 Å². The molecule has 0 unspecified atom stereocenters. The Morgan fingerprint density at radius 3 is 2.62 bits per heavy atom. The van der Waals surface area contributed by atoms with Crippen LogP contribution < -0.4 is 4.89 Å². The third-order valence-electron chi connectivity index (χ3n) is 2.06.